The number of methoxy groups -OCH3 is 2. The van der Waals surface area contributed by atoms with E-state index >= 15 is 0 Å². The van der Waals surface area contributed by atoms with Gasteiger partial charge in [-0.25, -0.2) is 4.79 Å². The first-order valence-electron chi connectivity index (χ1n) is 10.8. The van der Waals surface area contributed by atoms with Crippen molar-refractivity contribution in [3.8, 4) is 11.8 Å². The average molecular weight is 532 g/mol. The number of rotatable bonds is 7. The zero-order valence-corrected chi connectivity index (χ0v) is 21.6. The Morgan fingerprint density at radius 3 is 2.39 bits per heavy atom. The van der Waals surface area contributed by atoms with Crippen LogP contribution in [0.25, 0.3) is 10.8 Å². The molecule has 0 aliphatic heterocycles. The van der Waals surface area contributed by atoms with Gasteiger partial charge in [0, 0.05) is 26.1 Å². The van der Waals surface area contributed by atoms with Crippen molar-refractivity contribution in [3.63, 3.8) is 0 Å². The summed E-state index contributed by atoms with van der Waals surface area (Å²) in [6.07, 6.45) is 0.113. The number of hydrogen-bond donors (Lipinski definition) is 2. The van der Waals surface area contributed by atoms with Crippen LogP contribution < -0.4 is 10.5 Å². The van der Waals surface area contributed by atoms with E-state index in [9.17, 15) is 9.59 Å². The van der Waals surface area contributed by atoms with Gasteiger partial charge >= 0.3 is 6.09 Å². The van der Waals surface area contributed by atoms with Crippen molar-refractivity contribution in [1.29, 1.82) is 5.26 Å². The third kappa shape index (κ3) is 7.01. The van der Waals surface area contributed by atoms with E-state index < -0.39 is 12.0 Å². The first-order valence-corrected chi connectivity index (χ1v) is 11.6. The molecule has 0 saturated heterocycles. The Kier molecular flexibility index (Phi) is 10.8. The molecule has 3 aromatic carbocycles. The van der Waals surface area contributed by atoms with Gasteiger partial charge in [0.25, 0.3) is 5.91 Å². The predicted molar refractivity (Wildman–Crippen MR) is 140 cm³/mol. The number of aliphatic hydroxyl groups excluding tert-OH is 1. The molecule has 0 bridgehead atoms. The minimum absolute atomic E-state index is 0.0242. The number of nitrogens with two attached hydrogens (primary N) is 1. The quantitative estimate of drug-likeness (QED) is 0.442. The minimum atomic E-state index is -0.602. The Bertz CT molecular complexity index is 1280. The number of amides is 2. The van der Waals surface area contributed by atoms with Gasteiger partial charge in [0.05, 0.1) is 35.4 Å². The molecule has 3 N–H and O–H groups in total. The van der Waals surface area contributed by atoms with Crippen molar-refractivity contribution in [1.82, 2.24) is 4.90 Å². The fourth-order valence-electron chi connectivity index (χ4n) is 3.71. The van der Waals surface area contributed by atoms with E-state index in [4.69, 9.17) is 44.0 Å². The van der Waals surface area contributed by atoms with Crippen LogP contribution in [0, 0.1) is 11.3 Å². The lowest BCUT2D eigenvalue weighted by molar-refractivity contribution is 0.0999. The number of nitrogens with zero attached hydrogens (tertiary/aromatic N) is 2. The maximum absolute atomic E-state index is 11.5. The van der Waals surface area contributed by atoms with E-state index in [1.807, 2.05) is 24.3 Å². The van der Waals surface area contributed by atoms with E-state index in [0.29, 0.717) is 34.0 Å². The Labute approximate surface area is 219 Å². The fraction of sp³-hybridized carbons (Fsp3) is 0.269. The molecule has 3 aromatic rings. The predicted octanol–water partition coefficient (Wildman–Crippen LogP) is 4.98. The van der Waals surface area contributed by atoms with Crippen molar-refractivity contribution in [2.75, 3.05) is 34.4 Å². The second-order valence-electron chi connectivity index (χ2n) is 7.76. The minimum Gasteiger partial charge on any atom is -0.495 e. The van der Waals surface area contributed by atoms with Gasteiger partial charge in [-0.1, -0.05) is 53.5 Å². The molecule has 0 spiro atoms. The lowest BCUT2D eigenvalue weighted by Gasteiger charge is -2.23. The monoisotopic (exact) mass is 531 g/mol. The summed E-state index contributed by atoms with van der Waals surface area (Å²) in [6, 6.07) is 16.2. The van der Waals surface area contributed by atoms with Gasteiger partial charge < -0.3 is 25.2 Å². The molecule has 0 saturated carbocycles. The first-order chi connectivity index (χ1) is 17.2. The molecule has 10 heteroatoms. The molecule has 0 unspecified atom stereocenters. The van der Waals surface area contributed by atoms with Crippen LogP contribution in [-0.2, 0) is 4.74 Å². The molecule has 190 valence electrons. The molecule has 0 fully saturated rings. The van der Waals surface area contributed by atoms with Gasteiger partial charge in [-0.2, -0.15) is 5.26 Å². The fourth-order valence-corrected chi connectivity index (χ4v) is 4.02. The van der Waals surface area contributed by atoms with E-state index in [2.05, 4.69) is 4.74 Å². The Morgan fingerprint density at radius 1 is 1.14 bits per heavy atom. The zero-order valence-electron chi connectivity index (χ0n) is 20.1. The third-order valence-electron chi connectivity index (χ3n) is 5.45. The van der Waals surface area contributed by atoms with Crippen LogP contribution in [-0.4, -0.2) is 56.4 Å². The van der Waals surface area contributed by atoms with Gasteiger partial charge in [-0.3, -0.25) is 4.79 Å². The highest BCUT2D eigenvalue weighted by Gasteiger charge is 2.19. The maximum atomic E-state index is 11.5. The van der Waals surface area contributed by atoms with Crippen LogP contribution in [0.4, 0.5) is 4.79 Å². The van der Waals surface area contributed by atoms with E-state index in [1.54, 1.807) is 37.4 Å². The number of benzene rings is 3. The van der Waals surface area contributed by atoms with Crippen LogP contribution >= 0.6 is 23.2 Å². The summed E-state index contributed by atoms with van der Waals surface area (Å²) in [6.45, 7) is 0.463. The van der Waals surface area contributed by atoms with Gasteiger partial charge in [-0.15, -0.1) is 0 Å². The number of carbonyl (C=O) groups excluding carboxylic acids is 2. The number of nitriles is 1. The molecular formula is C26H27Cl2N3O5. The molecule has 0 aliphatic carbocycles. The Balaban J connectivity index is 0.000000255. The number of fused-ring (bicyclic) bond motifs is 1. The van der Waals surface area contributed by atoms with Crippen molar-refractivity contribution < 1.29 is 24.2 Å². The van der Waals surface area contributed by atoms with Gasteiger partial charge in [0.2, 0.25) is 0 Å². The number of likely N-dealkylation sites (N-methyl/N-ethyl adjacent to an activating group) is 1. The van der Waals surface area contributed by atoms with Gasteiger partial charge in [0.1, 0.15) is 11.8 Å². The number of halogens is 2. The largest absolute Gasteiger partial charge is 0.495 e. The topological polar surface area (TPSA) is 126 Å². The van der Waals surface area contributed by atoms with Crippen molar-refractivity contribution in [2.24, 2.45) is 5.73 Å². The number of carbonyl (C=O) groups is 2. The molecule has 36 heavy (non-hydrogen) atoms. The number of aliphatic hydroxyl groups is 1. The molecule has 0 aromatic heterocycles. The van der Waals surface area contributed by atoms with Gasteiger partial charge in [0.15, 0.2) is 0 Å². The smallest absolute Gasteiger partial charge is 0.409 e. The summed E-state index contributed by atoms with van der Waals surface area (Å²) >= 11 is 11.9. The van der Waals surface area contributed by atoms with Crippen LogP contribution in [0.3, 0.4) is 0 Å². The molecule has 1 atom stereocenters. The zero-order chi connectivity index (χ0) is 26.8. The summed E-state index contributed by atoms with van der Waals surface area (Å²) in [7, 11) is 4.39. The lowest BCUT2D eigenvalue weighted by Crippen LogP contribution is -2.31. The summed E-state index contributed by atoms with van der Waals surface area (Å²) in [5, 5.41) is 20.6. The standard InChI is InChI=1S/C13H17Cl2NO3.C13H10N2O2/c1-16(13(18)19-2)8-10(5-6-17)9-3-4-11(14)12(15)7-9;1-17-12-9(7-14)6-8-4-2-3-5-10(8)11(12)13(15)16/h3-4,7,10,17H,5-6,8H2,1-2H3;2-6H,1H3,(H2,15,16)/t10-;/m1./s1. The SMILES string of the molecule is COC(=O)N(C)C[C@@H](CCO)c1ccc(Cl)c(Cl)c1.COc1c(C#N)cc2ccccc2c1C(N)=O. The molecular weight excluding hydrogens is 505 g/mol. The maximum Gasteiger partial charge on any atom is 0.409 e. The first kappa shape index (κ1) is 28.7. The van der Waals surface area contributed by atoms with Crippen molar-refractivity contribution in [3.05, 3.63) is 75.3 Å². The highest BCUT2D eigenvalue weighted by molar-refractivity contribution is 6.42. The summed E-state index contributed by atoms with van der Waals surface area (Å²) in [5.41, 5.74) is 6.84. The number of primary amides is 1. The molecule has 2 amide bonds. The summed E-state index contributed by atoms with van der Waals surface area (Å²) < 4.78 is 9.76. The molecule has 0 heterocycles. The van der Waals surface area contributed by atoms with Crippen LogP contribution in [0.5, 0.6) is 5.75 Å². The van der Waals surface area contributed by atoms with E-state index in [-0.39, 0.29) is 23.8 Å². The summed E-state index contributed by atoms with van der Waals surface area (Å²) in [5.74, 6) is -0.391. The second kappa shape index (κ2) is 13.5. The number of hydrogen-bond acceptors (Lipinski definition) is 6. The van der Waals surface area contributed by atoms with Crippen LogP contribution in [0.2, 0.25) is 10.0 Å². The highest BCUT2D eigenvalue weighted by Crippen LogP contribution is 2.31. The van der Waals surface area contributed by atoms with Gasteiger partial charge in [-0.05, 0) is 41.0 Å². The summed E-state index contributed by atoms with van der Waals surface area (Å²) in [4.78, 5) is 24.4. The van der Waals surface area contributed by atoms with Crippen molar-refractivity contribution >= 4 is 46.0 Å². The van der Waals surface area contributed by atoms with Crippen LogP contribution in [0.1, 0.15) is 33.8 Å². The molecule has 0 radical (unpaired) electrons. The average Bonchev–Trinajstić information content (AvgIpc) is 2.88. The van der Waals surface area contributed by atoms with Crippen LogP contribution in [0.15, 0.2) is 48.5 Å². The molecule has 3 rings (SSSR count). The lowest BCUT2D eigenvalue weighted by atomic mass is 9.95. The van der Waals surface area contributed by atoms with E-state index in [1.165, 1.54) is 19.1 Å². The Hall–Kier alpha value is -3.51. The normalized spacial score (nSPS) is 11.0. The highest BCUT2D eigenvalue weighted by atomic mass is 35.5. The number of ether oxygens (including phenoxy) is 2. The van der Waals surface area contributed by atoms with Crippen molar-refractivity contribution in [2.45, 2.75) is 12.3 Å². The Morgan fingerprint density at radius 2 is 1.83 bits per heavy atom. The molecule has 8 nitrogen and oxygen atoms in total. The molecule has 0 aliphatic rings. The third-order valence-corrected chi connectivity index (χ3v) is 6.18. The van der Waals surface area contributed by atoms with E-state index in [0.717, 1.165) is 10.9 Å². The second-order valence-corrected chi connectivity index (χ2v) is 8.58.